The van der Waals surface area contributed by atoms with Crippen LogP contribution in [-0.4, -0.2) is 17.7 Å². The molecule has 1 heterocycles. The van der Waals surface area contributed by atoms with Gasteiger partial charge in [0.2, 0.25) is 0 Å². The molecule has 0 amide bonds. The van der Waals surface area contributed by atoms with Gasteiger partial charge in [0.25, 0.3) is 0 Å². The van der Waals surface area contributed by atoms with Gasteiger partial charge in [-0.3, -0.25) is 0 Å². The summed E-state index contributed by atoms with van der Waals surface area (Å²) in [6.45, 7) is 4.17. The molecule has 1 aliphatic rings. The lowest BCUT2D eigenvalue weighted by Gasteiger charge is -2.05. The molecule has 0 saturated heterocycles. The molecule has 3 heteroatoms. The first kappa shape index (κ1) is 10.5. The molecule has 0 N–H and O–H groups in total. The Balaban J connectivity index is 2.27. The van der Waals surface area contributed by atoms with Crippen LogP contribution in [0.2, 0.25) is 0 Å². The summed E-state index contributed by atoms with van der Waals surface area (Å²) in [5.41, 5.74) is 4.68. The van der Waals surface area contributed by atoms with E-state index in [2.05, 4.69) is 37.2 Å². The molecule has 1 aromatic carbocycles. The third-order valence-corrected chi connectivity index (χ3v) is 2.95. The second kappa shape index (κ2) is 4.23. The minimum atomic E-state index is 0.0431. The third kappa shape index (κ3) is 2.15. The Labute approximate surface area is 94.9 Å². The van der Waals surface area contributed by atoms with Crippen molar-refractivity contribution in [3.63, 3.8) is 0 Å². The highest BCUT2D eigenvalue weighted by Crippen LogP contribution is 2.20. The molecule has 0 aromatic heterocycles. The number of rotatable bonds is 2. The highest BCUT2D eigenvalue weighted by molar-refractivity contribution is 6.18. The van der Waals surface area contributed by atoms with Crippen LogP contribution < -0.4 is 0 Å². The molecule has 1 aliphatic heterocycles. The molecule has 0 saturated carbocycles. The third-order valence-electron chi connectivity index (χ3n) is 2.61. The van der Waals surface area contributed by atoms with Gasteiger partial charge < -0.3 is 4.84 Å². The van der Waals surface area contributed by atoms with E-state index < -0.39 is 0 Å². The van der Waals surface area contributed by atoms with Crippen LogP contribution in [0.25, 0.3) is 0 Å². The molecule has 2 rings (SSSR count). The van der Waals surface area contributed by atoms with Gasteiger partial charge in [0.05, 0.1) is 11.6 Å². The summed E-state index contributed by atoms with van der Waals surface area (Å²) >= 11 is 5.73. The monoisotopic (exact) mass is 223 g/mol. The van der Waals surface area contributed by atoms with Crippen molar-refractivity contribution < 1.29 is 4.84 Å². The quantitative estimate of drug-likeness (QED) is 0.707. The van der Waals surface area contributed by atoms with E-state index in [1.807, 2.05) is 0 Å². The summed E-state index contributed by atoms with van der Waals surface area (Å²) in [6, 6.07) is 6.36. The molecule has 2 nitrogen and oxygen atoms in total. The van der Waals surface area contributed by atoms with Crippen molar-refractivity contribution >= 4 is 17.3 Å². The Morgan fingerprint density at radius 2 is 2.27 bits per heavy atom. The van der Waals surface area contributed by atoms with E-state index in [9.17, 15) is 0 Å². The predicted octanol–water partition coefficient (Wildman–Crippen LogP) is 3.04. The minimum Gasteiger partial charge on any atom is -0.391 e. The van der Waals surface area contributed by atoms with Crippen LogP contribution in [0, 0.1) is 13.8 Å². The highest BCUT2D eigenvalue weighted by Gasteiger charge is 2.22. The van der Waals surface area contributed by atoms with Gasteiger partial charge in [-0.2, -0.15) is 0 Å². The summed E-state index contributed by atoms with van der Waals surface area (Å²) in [5.74, 6) is 0.498. The van der Waals surface area contributed by atoms with E-state index >= 15 is 0 Å². The largest absolute Gasteiger partial charge is 0.391 e. The standard InChI is InChI=1S/C12H14ClNO/c1-8-3-4-9(2)11(5-8)12-6-10(7-13)15-14-12/h3-5,10H,6-7H2,1-2H3. The minimum absolute atomic E-state index is 0.0431. The number of halogens is 1. The fraction of sp³-hybridized carbons (Fsp3) is 0.417. The Morgan fingerprint density at radius 1 is 1.47 bits per heavy atom. The number of hydrogen-bond acceptors (Lipinski definition) is 2. The van der Waals surface area contributed by atoms with Crippen LogP contribution in [0.15, 0.2) is 23.4 Å². The van der Waals surface area contributed by atoms with Crippen molar-refractivity contribution in [2.75, 3.05) is 5.88 Å². The van der Waals surface area contributed by atoms with E-state index in [0.29, 0.717) is 5.88 Å². The molecule has 1 aromatic rings. The number of aryl methyl sites for hydroxylation is 2. The molecule has 15 heavy (non-hydrogen) atoms. The normalized spacial score (nSPS) is 19.9. The first-order valence-electron chi connectivity index (χ1n) is 5.07. The van der Waals surface area contributed by atoms with Gasteiger partial charge in [-0.25, -0.2) is 0 Å². The number of benzene rings is 1. The average molecular weight is 224 g/mol. The van der Waals surface area contributed by atoms with E-state index in [1.54, 1.807) is 0 Å². The molecule has 0 radical (unpaired) electrons. The van der Waals surface area contributed by atoms with Crippen LogP contribution in [0.3, 0.4) is 0 Å². The molecule has 80 valence electrons. The van der Waals surface area contributed by atoms with Crippen LogP contribution in [-0.2, 0) is 4.84 Å². The number of alkyl halides is 1. The molecule has 1 unspecified atom stereocenters. The van der Waals surface area contributed by atoms with Gasteiger partial charge in [-0.1, -0.05) is 22.9 Å². The van der Waals surface area contributed by atoms with E-state index in [1.165, 1.54) is 16.7 Å². The van der Waals surface area contributed by atoms with E-state index in [4.69, 9.17) is 16.4 Å². The SMILES string of the molecule is Cc1ccc(C)c(C2=NOC(CCl)C2)c1. The Morgan fingerprint density at radius 3 is 2.93 bits per heavy atom. The maximum absolute atomic E-state index is 5.73. The second-order valence-electron chi connectivity index (χ2n) is 3.94. The summed E-state index contributed by atoms with van der Waals surface area (Å²) in [5, 5.41) is 4.09. The summed E-state index contributed by atoms with van der Waals surface area (Å²) in [6.07, 6.45) is 0.856. The highest BCUT2D eigenvalue weighted by atomic mass is 35.5. The zero-order valence-electron chi connectivity index (χ0n) is 8.96. The summed E-state index contributed by atoms with van der Waals surface area (Å²) < 4.78 is 0. The molecule has 1 atom stereocenters. The molecular weight excluding hydrogens is 210 g/mol. The van der Waals surface area contributed by atoms with Gasteiger partial charge in [0, 0.05) is 12.0 Å². The van der Waals surface area contributed by atoms with E-state index in [0.717, 1.165) is 12.1 Å². The maximum Gasteiger partial charge on any atom is 0.146 e. The van der Waals surface area contributed by atoms with Crippen molar-refractivity contribution in [3.05, 3.63) is 34.9 Å². The van der Waals surface area contributed by atoms with Crippen LogP contribution in [0.4, 0.5) is 0 Å². The lowest BCUT2D eigenvalue weighted by Crippen LogP contribution is -2.10. The topological polar surface area (TPSA) is 21.6 Å². The number of oxime groups is 1. The fourth-order valence-corrected chi connectivity index (χ4v) is 1.88. The number of hydrogen-bond donors (Lipinski definition) is 0. The lowest BCUT2D eigenvalue weighted by molar-refractivity contribution is 0.102. The van der Waals surface area contributed by atoms with Gasteiger partial charge >= 0.3 is 0 Å². The van der Waals surface area contributed by atoms with Crippen molar-refractivity contribution in [3.8, 4) is 0 Å². The maximum atomic E-state index is 5.73. The molecule has 0 aliphatic carbocycles. The fourth-order valence-electron chi connectivity index (χ4n) is 1.72. The predicted molar refractivity (Wildman–Crippen MR) is 62.7 cm³/mol. The first-order valence-corrected chi connectivity index (χ1v) is 5.60. The summed E-state index contributed by atoms with van der Waals surface area (Å²) in [7, 11) is 0. The number of nitrogens with zero attached hydrogens (tertiary/aromatic N) is 1. The van der Waals surface area contributed by atoms with Crippen LogP contribution in [0.5, 0.6) is 0 Å². The van der Waals surface area contributed by atoms with Crippen molar-refractivity contribution in [2.24, 2.45) is 5.16 Å². The average Bonchev–Trinajstić information content (AvgIpc) is 2.70. The second-order valence-corrected chi connectivity index (χ2v) is 4.25. The Bertz CT molecular complexity index is 401. The first-order chi connectivity index (χ1) is 7.20. The molecular formula is C12H14ClNO. The summed E-state index contributed by atoms with van der Waals surface area (Å²) in [4.78, 5) is 5.22. The van der Waals surface area contributed by atoms with Crippen molar-refractivity contribution in [1.82, 2.24) is 0 Å². The van der Waals surface area contributed by atoms with Crippen LogP contribution in [0.1, 0.15) is 23.1 Å². The van der Waals surface area contributed by atoms with Gasteiger partial charge in [-0.15, -0.1) is 11.6 Å². The molecule has 0 bridgehead atoms. The molecule has 0 fully saturated rings. The smallest absolute Gasteiger partial charge is 0.146 e. The van der Waals surface area contributed by atoms with Crippen molar-refractivity contribution in [2.45, 2.75) is 26.4 Å². The van der Waals surface area contributed by atoms with Crippen molar-refractivity contribution in [1.29, 1.82) is 0 Å². The zero-order chi connectivity index (χ0) is 10.8. The van der Waals surface area contributed by atoms with Gasteiger partial charge in [0.15, 0.2) is 0 Å². The zero-order valence-corrected chi connectivity index (χ0v) is 9.71. The van der Waals surface area contributed by atoms with Gasteiger partial charge in [0.1, 0.15) is 6.10 Å². The van der Waals surface area contributed by atoms with Crippen LogP contribution >= 0.6 is 11.6 Å². The van der Waals surface area contributed by atoms with Gasteiger partial charge in [-0.05, 0) is 25.5 Å². The molecule has 0 spiro atoms. The Kier molecular flexibility index (Phi) is 2.96. The lowest BCUT2D eigenvalue weighted by atomic mass is 9.99. The van der Waals surface area contributed by atoms with E-state index in [-0.39, 0.29) is 6.10 Å². The Hall–Kier alpha value is -1.02.